The van der Waals surface area contributed by atoms with Crippen LogP contribution in [0.4, 0.5) is 5.69 Å². The van der Waals surface area contributed by atoms with Crippen molar-refractivity contribution < 1.29 is 13.9 Å². The molecule has 3 rings (SSSR count). The number of para-hydroxylation sites is 2. The van der Waals surface area contributed by atoms with Gasteiger partial charge >= 0.3 is 0 Å². The van der Waals surface area contributed by atoms with Crippen molar-refractivity contribution in [2.45, 2.75) is 24.3 Å². The number of benzene rings is 2. The van der Waals surface area contributed by atoms with Crippen LogP contribution in [0.3, 0.4) is 0 Å². The minimum absolute atomic E-state index is 0.0410. The molecule has 0 saturated carbocycles. The average molecular weight is 383 g/mol. The zero-order valence-corrected chi connectivity index (χ0v) is 16.3. The van der Waals surface area contributed by atoms with E-state index in [0.29, 0.717) is 23.5 Å². The fourth-order valence-electron chi connectivity index (χ4n) is 2.54. The Balaban J connectivity index is 1.71. The lowest BCUT2D eigenvalue weighted by Crippen LogP contribution is -2.33. The summed E-state index contributed by atoms with van der Waals surface area (Å²) in [6, 6.07) is 17.0. The smallest absolute Gasteiger partial charge is 0.277 e. The number of amides is 1. The molecule has 0 radical (unpaired) electrons. The molecule has 1 atom stereocenters. The standard InChI is InChI=1S/C20H21N3O3S/c1-4-25-17-13-9-8-12-16(17)18-21-22-20(26-18)27-14(2)19(24)23(3)15-10-6-5-7-11-15/h5-14H,4H2,1-3H3. The number of ether oxygens (including phenoxy) is 1. The van der Waals surface area contributed by atoms with Crippen LogP contribution in [-0.2, 0) is 4.79 Å². The Morgan fingerprint density at radius 1 is 1.15 bits per heavy atom. The molecule has 1 amide bonds. The molecule has 0 aliphatic heterocycles. The van der Waals surface area contributed by atoms with Crippen LogP contribution >= 0.6 is 11.8 Å². The molecule has 1 heterocycles. The van der Waals surface area contributed by atoms with Crippen LogP contribution in [0.2, 0.25) is 0 Å². The minimum atomic E-state index is -0.370. The Morgan fingerprint density at radius 3 is 2.59 bits per heavy atom. The summed E-state index contributed by atoms with van der Waals surface area (Å²) >= 11 is 1.24. The molecule has 0 saturated heterocycles. The number of hydrogen-bond donors (Lipinski definition) is 0. The number of carbonyl (C=O) groups excluding carboxylic acids is 1. The molecule has 0 aliphatic carbocycles. The molecule has 0 aliphatic rings. The number of aromatic nitrogens is 2. The van der Waals surface area contributed by atoms with Gasteiger partial charge in [-0.15, -0.1) is 10.2 Å². The molecule has 3 aromatic rings. The first kappa shape index (κ1) is 19.0. The van der Waals surface area contributed by atoms with E-state index in [9.17, 15) is 4.79 Å². The molecule has 0 fully saturated rings. The molecule has 7 heteroatoms. The lowest BCUT2D eigenvalue weighted by Gasteiger charge is -2.20. The van der Waals surface area contributed by atoms with E-state index in [2.05, 4.69) is 10.2 Å². The molecule has 1 aromatic heterocycles. The molecule has 2 aromatic carbocycles. The monoisotopic (exact) mass is 383 g/mol. The van der Waals surface area contributed by atoms with Crippen LogP contribution in [0.25, 0.3) is 11.5 Å². The van der Waals surface area contributed by atoms with Gasteiger partial charge in [-0.2, -0.15) is 0 Å². The van der Waals surface area contributed by atoms with E-state index in [1.54, 1.807) is 11.9 Å². The number of anilines is 1. The van der Waals surface area contributed by atoms with Crippen LogP contribution in [0.5, 0.6) is 5.75 Å². The zero-order chi connectivity index (χ0) is 19.2. The molecule has 6 nitrogen and oxygen atoms in total. The molecule has 0 spiro atoms. The van der Waals surface area contributed by atoms with Crippen molar-refractivity contribution in [1.29, 1.82) is 0 Å². The van der Waals surface area contributed by atoms with Crippen molar-refractivity contribution in [3.8, 4) is 17.2 Å². The maximum Gasteiger partial charge on any atom is 0.277 e. The summed E-state index contributed by atoms with van der Waals surface area (Å²) in [5.41, 5.74) is 1.57. The maximum absolute atomic E-state index is 12.7. The van der Waals surface area contributed by atoms with E-state index in [0.717, 1.165) is 11.3 Å². The van der Waals surface area contributed by atoms with Gasteiger partial charge in [-0.25, -0.2) is 0 Å². The lowest BCUT2D eigenvalue weighted by atomic mass is 10.2. The third kappa shape index (κ3) is 4.49. The average Bonchev–Trinajstić information content (AvgIpc) is 3.16. The maximum atomic E-state index is 12.7. The zero-order valence-electron chi connectivity index (χ0n) is 15.5. The Hall–Kier alpha value is -2.80. The Morgan fingerprint density at radius 2 is 1.85 bits per heavy atom. The molecule has 0 bridgehead atoms. The fourth-order valence-corrected chi connectivity index (χ4v) is 3.32. The molecule has 0 N–H and O–H groups in total. The summed E-state index contributed by atoms with van der Waals surface area (Å²) in [5.74, 6) is 1.02. The van der Waals surface area contributed by atoms with Crippen LogP contribution in [0, 0.1) is 0 Å². The summed E-state index contributed by atoms with van der Waals surface area (Å²) in [4.78, 5) is 14.3. The van der Waals surface area contributed by atoms with Crippen LogP contribution in [0.15, 0.2) is 64.2 Å². The van der Waals surface area contributed by atoms with Gasteiger partial charge in [0.25, 0.3) is 11.1 Å². The van der Waals surface area contributed by atoms with Gasteiger partial charge < -0.3 is 14.1 Å². The number of nitrogens with zero attached hydrogens (tertiary/aromatic N) is 3. The summed E-state index contributed by atoms with van der Waals surface area (Å²) in [5, 5.41) is 8.15. The highest BCUT2D eigenvalue weighted by atomic mass is 32.2. The summed E-state index contributed by atoms with van der Waals surface area (Å²) in [7, 11) is 1.76. The van der Waals surface area contributed by atoms with E-state index in [4.69, 9.17) is 9.15 Å². The summed E-state index contributed by atoms with van der Waals surface area (Å²) < 4.78 is 11.4. The quantitative estimate of drug-likeness (QED) is 0.567. The fraction of sp³-hybridized carbons (Fsp3) is 0.250. The minimum Gasteiger partial charge on any atom is -0.493 e. The highest BCUT2D eigenvalue weighted by Crippen LogP contribution is 2.32. The van der Waals surface area contributed by atoms with Gasteiger partial charge in [0, 0.05) is 12.7 Å². The number of rotatable bonds is 7. The second-order valence-electron chi connectivity index (χ2n) is 5.80. The van der Waals surface area contributed by atoms with Crippen molar-refractivity contribution in [3.05, 3.63) is 54.6 Å². The predicted octanol–water partition coefficient (Wildman–Crippen LogP) is 4.28. The third-order valence-corrected chi connectivity index (χ3v) is 4.85. The SMILES string of the molecule is CCOc1ccccc1-c1nnc(SC(C)C(=O)N(C)c2ccccc2)o1. The summed E-state index contributed by atoms with van der Waals surface area (Å²) in [6.45, 7) is 4.29. The van der Waals surface area contributed by atoms with Gasteiger partial charge in [0.15, 0.2) is 0 Å². The second-order valence-corrected chi connectivity index (χ2v) is 7.09. The van der Waals surface area contributed by atoms with Crippen molar-refractivity contribution in [2.75, 3.05) is 18.6 Å². The lowest BCUT2D eigenvalue weighted by molar-refractivity contribution is -0.117. The van der Waals surface area contributed by atoms with Gasteiger partial charge in [0.1, 0.15) is 5.75 Å². The van der Waals surface area contributed by atoms with Crippen molar-refractivity contribution in [3.63, 3.8) is 0 Å². The first-order valence-corrected chi connectivity index (χ1v) is 9.53. The van der Waals surface area contributed by atoms with E-state index in [1.165, 1.54) is 11.8 Å². The Labute approximate surface area is 162 Å². The van der Waals surface area contributed by atoms with Crippen molar-refractivity contribution >= 4 is 23.4 Å². The van der Waals surface area contributed by atoms with E-state index < -0.39 is 0 Å². The van der Waals surface area contributed by atoms with Gasteiger partial charge in [0.2, 0.25) is 5.91 Å². The second kappa shape index (κ2) is 8.73. The molecular formula is C20H21N3O3S. The Bertz CT molecular complexity index is 898. The van der Waals surface area contributed by atoms with Crippen molar-refractivity contribution in [2.24, 2.45) is 0 Å². The van der Waals surface area contributed by atoms with Gasteiger partial charge in [-0.3, -0.25) is 4.79 Å². The first-order chi connectivity index (χ1) is 13.1. The first-order valence-electron chi connectivity index (χ1n) is 8.65. The van der Waals surface area contributed by atoms with Crippen LogP contribution < -0.4 is 9.64 Å². The van der Waals surface area contributed by atoms with Crippen LogP contribution in [0.1, 0.15) is 13.8 Å². The molecule has 1 unspecified atom stereocenters. The highest BCUT2D eigenvalue weighted by Gasteiger charge is 2.23. The predicted molar refractivity (Wildman–Crippen MR) is 106 cm³/mol. The topological polar surface area (TPSA) is 68.5 Å². The van der Waals surface area contributed by atoms with E-state index >= 15 is 0 Å². The van der Waals surface area contributed by atoms with Crippen molar-refractivity contribution in [1.82, 2.24) is 10.2 Å². The van der Waals surface area contributed by atoms with Crippen LogP contribution in [-0.4, -0.2) is 35.0 Å². The normalized spacial score (nSPS) is 11.8. The number of carbonyl (C=O) groups is 1. The van der Waals surface area contributed by atoms with Gasteiger partial charge in [0.05, 0.1) is 17.4 Å². The number of thioether (sulfide) groups is 1. The van der Waals surface area contributed by atoms with E-state index in [1.807, 2.05) is 68.4 Å². The van der Waals surface area contributed by atoms with Gasteiger partial charge in [-0.05, 0) is 38.1 Å². The summed E-state index contributed by atoms with van der Waals surface area (Å²) in [6.07, 6.45) is 0. The number of hydrogen-bond acceptors (Lipinski definition) is 6. The molecular weight excluding hydrogens is 362 g/mol. The molecule has 140 valence electrons. The van der Waals surface area contributed by atoms with E-state index in [-0.39, 0.29) is 11.2 Å². The van der Waals surface area contributed by atoms with Gasteiger partial charge in [-0.1, -0.05) is 42.1 Å². The highest BCUT2D eigenvalue weighted by molar-refractivity contribution is 8.00. The molecule has 27 heavy (non-hydrogen) atoms. The Kier molecular flexibility index (Phi) is 6.13. The third-order valence-electron chi connectivity index (χ3n) is 3.92. The largest absolute Gasteiger partial charge is 0.493 e.